The van der Waals surface area contributed by atoms with E-state index < -0.39 is 11.2 Å². The molecule has 0 radical (unpaired) electrons. The quantitative estimate of drug-likeness (QED) is 0.773. The number of rotatable bonds is 1. The van der Waals surface area contributed by atoms with E-state index in [4.69, 9.17) is 4.74 Å². The van der Waals surface area contributed by atoms with Crippen LogP contribution in [0.2, 0.25) is 0 Å². The smallest absolute Gasteiger partial charge is 0.142 e. The van der Waals surface area contributed by atoms with E-state index in [0.29, 0.717) is 12.3 Å². The van der Waals surface area contributed by atoms with Gasteiger partial charge in [0, 0.05) is 18.3 Å². The normalized spacial score (nSPS) is 59.6. The molecule has 3 saturated carbocycles. The molecule has 1 heterocycles. The molecular formula is C20H32O4. The van der Waals surface area contributed by atoms with E-state index in [2.05, 4.69) is 20.8 Å². The lowest BCUT2D eigenvalue weighted by molar-refractivity contribution is -0.337. The highest BCUT2D eigenvalue weighted by Gasteiger charge is 2.75. The van der Waals surface area contributed by atoms with Crippen LogP contribution in [0.4, 0.5) is 0 Å². The summed E-state index contributed by atoms with van der Waals surface area (Å²) in [4.78, 5) is 13.0. The molecule has 0 aromatic carbocycles. The Kier molecular flexibility index (Phi) is 3.28. The summed E-state index contributed by atoms with van der Waals surface area (Å²) in [7, 11) is 0. The molecule has 4 rings (SSSR count). The van der Waals surface area contributed by atoms with Gasteiger partial charge in [-0.2, -0.15) is 0 Å². The van der Waals surface area contributed by atoms with Gasteiger partial charge in [-0.1, -0.05) is 20.8 Å². The van der Waals surface area contributed by atoms with E-state index in [9.17, 15) is 15.0 Å². The second kappa shape index (κ2) is 4.63. The second-order valence-corrected chi connectivity index (χ2v) is 10.1. The van der Waals surface area contributed by atoms with Crippen LogP contribution in [0.3, 0.4) is 0 Å². The molecule has 4 fully saturated rings. The summed E-state index contributed by atoms with van der Waals surface area (Å²) in [6.45, 7) is 10.3. The van der Waals surface area contributed by atoms with Gasteiger partial charge in [-0.15, -0.1) is 0 Å². The third-order valence-electron chi connectivity index (χ3n) is 8.29. The zero-order valence-corrected chi connectivity index (χ0v) is 15.6. The van der Waals surface area contributed by atoms with Crippen molar-refractivity contribution in [1.82, 2.24) is 0 Å². The zero-order valence-electron chi connectivity index (χ0n) is 15.6. The number of hydrogen-bond acceptors (Lipinski definition) is 4. The van der Waals surface area contributed by atoms with Crippen LogP contribution in [0.5, 0.6) is 0 Å². The lowest BCUT2D eigenvalue weighted by atomic mass is 9.53. The van der Waals surface area contributed by atoms with Crippen molar-refractivity contribution in [2.45, 2.75) is 89.6 Å². The Labute approximate surface area is 145 Å². The van der Waals surface area contributed by atoms with Gasteiger partial charge < -0.3 is 14.9 Å². The predicted octanol–water partition coefficient (Wildman–Crippen LogP) is 2.70. The largest absolute Gasteiger partial charge is 0.389 e. The van der Waals surface area contributed by atoms with Gasteiger partial charge >= 0.3 is 0 Å². The third-order valence-corrected chi connectivity index (χ3v) is 8.29. The van der Waals surface area contributed by atoms with Gasteiger partial charge in [0.2, 0.25) is 0 Å². The van der Waals surface area contributed by atoms with Crippen LogP contribution in [0.15, 0.2) is 0 Å². The van der Waals surface area contributed by atoms with E-state index in [0.717, 1.165) is 19.3 Å². The van der Waals surface area contributed by atoms with E-state index in [1.165, 1.54) is 0 Å². The fourth-order valence-electron chi connectivity index (χ4n) is 7.03. The number of carbonyl (C=O) groups is 1. The minimum atomic E-state index is -1.14. The van der Waals surface area contributed by atoms with E-state index in [1.807, 2.05) is 6.92 Å². The Balaban J connectivity index is 1.84. The Hall–Kier alpha value is -0.450. The average molecular weight is 336 g/mol. The first kappa shape index (κ1) is 17.0. The minimum Gasteiger partial charge on any atom is -0.389 e. The molecule has 136 valence electrons. The molecule has 0 amide bonds. The highest BCUT2D eigenvalue weighted by Crippen LogP contribution is 2.70. The van der Waals surface area contributed by atoms with Crippen LogP contribution in [0, 0.1) is 29.1 Å². The lowest BCUT2D eigenvalue weighted by Crippen LogP contribution is -2.72. The van der Waals surface area contributed by atoms with E-state index in [-0.39, 0.29) is 47.1 Å². The van der Waals surface area contributed by atoms with Gasteiger partial charge in [0.15, 0.2) is 0 Å². The average Bonchev–Trinajstić information content (AvgIpc) is 2.81. The summed E-state index contributed by atoms with van der Waals surface area (Å²) in [5.41, 5.74) is -2.29. The van der Waals surface area contributed by atoms with Gasteiger partial charge in [0.05, 0.1) is 22.9 Å². The summed E-state index contributed by atoms with van der Waals surface area (Å²) in [5, 5.41) is 22.0. The summed E-state index contributed by atoms with van der Waals surface area (Å²) in [5.74, 6) is 0.540. The summed E-state index contributed by atoms with van der Waals surface area (Å²) >= 11 is 0. The highest BCUT2D eigenvalue weighted by atomic mass is 16.6. The molecule has 8 atom stereocenters. The van der Waals surface area contributed by atoms with Gasteiger partial charge in [0.1, 0.15) is 5.78 Å². The van der Waals surface area contributed by atoms with Crippen molar-refractivity contribution in [3.05, 3.63) is 0 Å². The topological polar surface area (TPSA) is 66.8 Å². The number of ketones is 1. The molecule has 2 N–H and O–H groups in total. The van der Waals surface area contributed by atoms with E-state index >= 15 is 0 Å². The number of carbonyl (C=O) groups excluding carboxylic acids is 1. The summed E-state index contributed by atoms with van der Waals surface area (Å²) in [6, 6.07) is 0. The molecule has 0 aromatic heterocycles. The predicted molar refractivity (Wildman–Crippen MR) is 90.4 cm³/mol. The molecule has 4 heteroatoms. The zero-order chi connectivity index (χ0) is 17.7. The van der Waals surface area contributed by atoms with Gasteiger partial charge in [-0.25, -0.2) is 0 Å². The molecular weight excluding hydrogens is 304 g/mol. The second-order valence-electron chi connectivity index (χ2n) is 10.1. The first-order chi connectivity index (χ1) is 11.0. The maximum Gasteiger partial charge on any atom is 0.142 e. The van der Waals surface area contributed by atoms with Crippen LogP contribution in [0.1, 0.15) is 66.7 Å². The van der Waals surface area contributed by atoms with Gasteiger partial charge in [-0.05, 0) is 56.8 Å². The number of ether oxygens (including phenoxy) is 1. The Morgan fingerprint density at radius 1 is 1.08 bits per heavy atom. The maximum absolute atomic E-state index is 13.0. The van der Waals surface area contributed by atoms with Crippen LogP contribution in [-0.4, -0.2) is 38.9 Å². The van der Waals surface area contributed by atoms with Crippen molar-refractivity contribution >= 4 is 5.78 Å². The molecule has 0 aromatic rings. The number of hydrogen-bond donors (Lipinski definition) is 2. The van der Waals surface area contributed by atoms with Crippen molar-refractivity contribution < 1.29 is 19.7 Å². The molecule has 4 aliphatic rings. The van der Waals surface area contributed by atoms with Crippen LogP contribution in [-0.2, 0) is 9.53 Å². The molecule has 0 unspecified atom stereocenters. The molecule has 0 bridgehead atoms. The highest BCUT2D eigenvalue weighted by molar-refractivity contribution is 5.84. The lowest BCUT2D eigenvalue weighted by Gasteiger charge is -2.64. The summed E-state index contributed by atoms with van der Waals surface area (Å²) < 4.78 is 6.38. The van der Waals surface area contributed by atoms with Crippen molar-refractivity contribution in [1.29, 1.82) is 0 Å². The fourth-order valence-corrected chi connectivity index (χ4v) is 7.03. The standard InChI is InChI=1S/C20H32O4/c1-11(2)20-9-8-17(3)12-6-7-18(4,22)14(12)13(21)10-19(5,23)16(24-20)15(17)20/h11-12,14-16,22-23H,6-10H2,1-5H3/t12-,14-,15-,16-,17+,18+,19+,20-/m0/s1. The number of fused-ring (bicyclic) bond motifs is 2. The molecule has 1 saturated heterocycles. The van der Waals surface area contributed by atoms with Gasteiger partial charge in [-0.3, -0.25) is 4.79 Å². The van der Waals surface area contributed by atoms with Crippen LogP contribution >= 0.6 is 0 Å². The van der Waals surface area contributed by atoms with E-state index in [1.54, 1.807) is 6.92 Å². The minimum absolute atomic E-state index is 0.0183. The fraction of sp³-hybridized carbons (Fsp3) is 0.950. The number of Topliss-reactive ketones (excluding diaryl/α,β-unsaturated/α-hetero) is 1. The van der Waals surface area contributed by atoms with Crippen molar-refractivity contribution in [3.8, 4) is 0 Å². The van der Waals surface area contributed by atoms with Crippen molar-refractivity contribution in [3.63, 3.8) is 0 Å². The first-order valence-electron chi connectivity index (χ1n) is 9.61. The molecule has 3 aliphatic carbocycles. The van der Waals surface area contributed by atoms with Crippen molar-refractivity contribution in [2.75, 3.05) is 0 Å². The monoisotopic (exact) mass is 336 g/mol. The Morgan fingerprint density at radius 3 is 2.38 bits per heavy atom. The molecule has 24 heavy (non-hydrogen) atoms. The van der Waals surface area contributed by atoms with Gasteiger partial charge in [0.25, 0.3) is 0 Å². The molecule has 1 aliphatic heterocycles. The Bertz CT molecular complexity index is 580. The summed E-state index contributed by atoms with van der Waals surface area (Å²) in [6.07, 6.45) is 3.43. The number of aliphatic hydroxyl groups is 2. The SMILES string of the molecule is CC(C)[C@]12CC[C@]3(C)[C@H]4CC[C@@](C)(O)[C@@H]4C(=O)C[C@@](C)(O)[C@@H](O1)[C@@H]32. The van der Waals surface area contributed by atoms with Crippen LogP contribution < -0.4 is 0 Å². The molecule has 0 spiro atoms. The van der Waals surface area contributed by atoms with Crippen molar-refractivity contribution in [2.24, 2.45) is 29.1 Å². The van der Waals surface area contributed by atoms with Crippen LogP contribution in [0.25, 0.3) is 0 Å². The Morgan fingerprint density at radius 2 is 1.75 bits per heavy atom. The molecule has 4 nitrogen and oxygen atoms in total. The maximum atomic E-state index is 13.0. The third kappa shape index (κ3) is 1.83. The first-order valence-corrected chi connectivity index (χ1v) is 9.61.